The topological polar surface area (TPSA) is 58.4 Å². The van der Waals surface area contributed by atoms with Gasteiger partial charge in [-0.3, -0.25) is 4.79 Å². The Balaban J connectivity index is 1.37. The van der Waals surface area contributed by atoms with E-state index >= 15 is 0 Å². The zero-order chi connectivity index (χ0) is 17.5. The van der Waals surface area contributed by atoms with Crippen LogP contribution in [0.2, 0.25) is 0 Å². The minimum atomic E-state index is 0.104. The molecule has 1 aliphatic heterocycles. The van der Waals surface area contributed by atoms with Crippen LogP contribution in [0.4, 0.5) is 5.69 Å². The van der Waals surface area contributed by atoms with Gasteiger partial charge in [-0.25, -0.2) is 0 Å². The van der Waals surface area contributed by atoms with E-state index in [1.54, 1.807) is 0 Å². The van der Waals surface area contributed by atoms with E-state index in [4.69, 9.17) is 5.73 Å². The summed E-state index contributed by atoms with van der Waals surface area (Å²) in [4.78, 5) is 14.7. The zero-order valence-electron chi connectivity index (χ0n) is 14.7. The molecule has 3 rings (SSSR count). The first-order chi connectivity index (χ1) is 12.2. The lowest BCUT2D eigenvalue weighted by Crippen LogP contribution is -2.45. The van der Waals surface area contributed by atoms with E-state index in [2.05, 4.69) is 40.5 Å². The second kappa shape index (κ2) is 8.67. The molecule has 25 heavy (non-hydrogen) atoms. The van der Waals surface area contributed by atoms with Crippen molar-refractivity contribution in [1.29, 1.82) is 0 Å². The predicted octanol–water partition coefficient (Wildman–Crippen LogP) is 2.63. The maximum Gasteiger partial charge on any atom is 0.224 e. The highest BCUT2D eigenvalue weighted by atomic mass is 16.1. The van der Waals surface area contributed by atoms with Gasteiger partial charge >= 0.3 is 0 Å². The molecule has 3 N–H and O–H groups in total. The summed E-state index contributed by atoms with van der Waals surface area (Å²) in [6.07, 6.45) is 3.58. The summed E-state index contributed by atoms with van der Waals surface area (Å²) in [5.74, 6) is 0.104. The van der Waals surface area contributed by atoms with Gasteiger partial charge in [-0.2, -0.15) is 0 Å². The molecule has 4 heteroatoms. The van der Waals surface area contributed by atoms with Gasteiger partial charge in [-0.1, -0.05) is 42.5 Å². The van der Waals surface area contributed by atoms with Gasteiger partial charge in [0.05, 0.1) is 6.42 Å². The Morgan fingerprint density at radius 1 is 1.00 bits per heavy atom. The van der Waals surface area contributed by atoms with Crippen molar-refractivity contribution in [2.45, 2.75) is 31.7 Å². The Bertz CT molecular complexity index is 661. The fourth-order valence-corrected chi connectivity index (χ4v) is 3.33. The average molecular weight is 337 g/mol. The molecule has 0 aliphatic carbocycles. The highest BCUT2D eigenvalue weighted by Gasteiger charge is 2.20. The van der Waals surface area contributed by atoms with Gasteiger partial charge in [0.2, 0.25) is 5.91 Å². The second-order valence-corrected chi connectivity index (χ2v) is 6.84. The Labute approximate surface area is 150 Å². The number of hydrogen-bond donors (Lipinski definition) is 2. The lowest BCUT2D eigenvalue weighted by atomic mass is 10.0. The fraction of sp³-hybridized carbons (Fsp3) is 0.381. The third kappa shape index (κ3) is 5.61. The van der Waals surface area contributed by atoms with E-state index in [0.717, 1.165) is 50.1 Å². The van der Waals surface area contributed by atoms with Gasteiger partial charge < -0.3 is 16.0 Å². The van der Waals surface area contributed by atoms with Gasteiger partial charge in [0.25, 0.3) is 0 Å². The first kappa shape index (κ1) is 17.5. The number of rotatable bonds is 6. The van der Waals surface area contributed by atoms with Crippen molar-refractivity contribution >= 4 is 11.6 Å². The van der Waals surface area contributed by atoms with Crippen molar-refractivity contribution in [2.75, 3.05) is 25.4 Å². The number of nitrogens with one attached hydrogen (secondary N) is 1. The molecular weight excluding hydrogens is 310 g/mol. The SMILES string of the molecule is Nc1ccc(CC(=O)NC2CCN(CCc3ccccc3)CC2)cc1. The molecule has 1 fully saturated rings. The number of anilines is 1. The highest BCUT2D eigenvalue weighted by Crippen LogP contribution is 2.12. The molecule has 0 saturated carbocycles. The molecule has 1 saturated heterocycles. The lowest BCUT2D eigenvalue weighted by molar-refractivity contribution is -0.121. The number of piperidine rings is 1. The lowest BCUT2D eigenvalue weighted by Gasteiger charge is -2.32. The van der Waals surface area contributed by atoms with Crippen LogP contribution in [0, 0.1) is 0 Å². The third-order valence-electron chi connectivity index (χ3n) is 4.86. The van der Waals surface area contributed by atoms with Gasteiger partial charge in [0, 0.05) is 31.4 Å². The Hall–Kier alpha value is -2.33. The summed E-state index contributed by atoms with van der Waals surface area (Å²) in [6.45, 7) is 3.20. The molecule has 0 bridgehead atoms. The minimum absolute atomic E-state index is 0.104. The maximum absolute atomic E-state index is 12.2. The molecule has 132 valence electrons. The largest absolute Gasteiger partial charge is 0.399 e. The van der Waals surface area contributed by atoms with Crippen LogP contribution in [0.5, 0.6) is 0 Å². The second-order valence-electron chi connectivity index (χ2n) is 6.84. The van der Waals surface area contributed by atoms with Crippen molar-refractivity contribution in [1.82, 2.24) is 10.2 Å². The first-order valence-corrected chi connectivity index (χ1v) is 9.09. The monoisotopic (exact) mass is 337 g/mol. The van der Waals surface area contributed by atoms with Crippen molar-refractivity contribution in [3.8, 4) is 0 Å². The number of nitrogens with zero attached hydrogens (tertiary/aromatic N) is 1. The molecule has 0 unspecified atom stereocenters. The normalized spacial score (nSPS) is 15.8. The third-order valence-corrected chi connectivity index (χ3v) is 4.86. The van der Waals surface area contributed by atoms with Crippen LogP contribution in [0.15, 0.2) is 54.6 Å². The molecule has 4 nitrogen and oxygen atoms in total. The summed E-state index contributed by atoms with van der Waals surface area (Å²) < 4.78 is 0. The molecule has 1 heterocycles. The van der Waals surface area contributed by atoms with Crippen molar-refractivity contribution < 1.29 is 4.79 Å². The van der Waals surface area contributed by atoms with Crippen LogP contribution in [0.1, 0.15) is 24.0 Å². The molecule has 0 aromatic heterocycles. The number of amides is 1. The standard InChI is InChI=1S/C21H27N3O/c22-19-8-6-18(7-9-19)16-21(25)23-20-11-14-24(15-12-20)13-10-17-4-2-1-3-5-17/h1-9,20H,10-16,22H2,(H,23,25). The summed E-state index contributed by atoms with van der Waals surface area (Å²) in [7, 11) is 0. The van der Waals surface area contributed by atoms with Crippen LogP contribution in [-0.2, 0) is 17.6 Å². The summed E-state index contributed by atoms with van der Waals surface area (Å²) >= 11 is 0. The number of nitrogen functional groups attached to an aromatic ring is 1. The highest BCUT2D eigenvalue weighted by molar-refractivity contribution is 5.79. The van der Waals surface area contributed by atoms with Gasteiger partial charge in [-0.05, 0) is 42.5 Å². The Morgan fingerprint density at radius 2 is 1.68 bits per heavy atom. The smallest absolute Gasteiger partial charge is 0.224 e. The van der Waals surface area contributed by atoms with Gasteiger partial charge in [-0.15, -0.1) is 0 Å². The van der Waals surface area contributed by atoms with Gasteiger partial charge in [0.1, 0.15) is 0 Å². The molecule has 0 spiro atoms. The fourth-order valence-electron chi connectivity index (χ4n) is 3.33. The van der Waals surface area contributed by atoms with Crippen LogP contribution in [0.25, 0.3) is 0 Å². The average Bonchev–Trinajstić information content (AvgIpc) is 2.64. The molecule has 0 radical (unpaired) electrons. The van der Waals surface area contributed by atoms with Crippen LogP contribution < -0.4 is 11.1 Å². The van der Waals surface area contributed by atoms with Crippen molar-refractivity contribution in [3.05, 3.63) is 65.7 Å². The van der Waals surface area contributed by atoms with E-state index in [-0.39, 0.29) is 5.91 Å². The molecule has 0 atom stereocenters. The quantitative estimate of drug-likeness (QED) is 0.797. The molecular formula is C21H27N3O. The molecule has 2 aromatic rings. The molecule has 1 aliphatic rings. The number of likely N-dealkylation sites (tertiary alicyclic amines) is 1. The molecule has 1 amide bonds. The maximum atomic E-state index is 12.2. The number of carbonyl (C=O) groups excluding carboxylic acids is 1. The van der Waals surface area contributed by atoms with E-state index < -0.39 is 0 Å². The van der Waals surface area contributed by atoms with E-state index in [1.165, 1.54) is 5.56 Å². The van der Waals surface area contributed by atoms with Gasteiger partial charge in [0.15, 0.2) is 0 Å². The summed E-state index contributed by atoms with van der Waals surface area (Å²) in [5, 5.41) is 3.18. The number of benzene rings is 2. The predicted molar refractivity (Wildman–Crippen MR) is 102 cm³/mol. The van der Waals surface area contributed by atoms with Crippen LogP contribution >= 0.6 is 0 Å². The van der Waals surface area contributed by atoms with E-state index in [1.807, 2.05) is 24.3 Å². The van der Waals surface area contributed by atoms with Crippen molar-refractivity contribution in [2.24, 2.45) is 0 Å². The van der Waals surface area contributed by atoms with Crippen LogP contribution in [-0.4, -0.2) is 36.5 Å². The first-order valence-electron chi connectivity index (χ1n) is 9.09. The zero-order valence-corrected chi connectivity index (χ0v) is 14.7. The van der Waals surface area contributed by atoms with E-state index in [9.17, 15) is 4.79 Å². The molecule has 2 aromatic carbocycles. The summed E-state index contributed by atoms with van der Waals surface area (Å²) in [6, 6.07) is 18.4. The number of nitrogens with two attached hydrogens (primary N) is 1. The van der Waals surface area contributed by atoms with E-state index in [0.29, 0.717) is 12.5 Å². The minimum Gasteiger partial charge on any atom is -0.399 e. The number of hydrogen-bond acceptors (Lipinski definition) is 3. The Morgan fingerprint density at radius 3 is 2.36 bits per heavy atom. The van der Waals surface area contributed by atoms with Crippen molar-refractivity contribution in [3.63, 3.8) is 0 Å². The number of carbonyl (C=O) groups is 1. The summed E-state index contributed by atoms with van der Waals surface area (Å²) in [5.41, 5.74) is 8.80. The van der Waals surface area contributed by atoms with Crippen LogP contribution in [0.3, 0.4) is 0 Å². The Kier molecular flexibility index (Phi) is 6.07.